The first-order chi connectivity index (χ1) is 6.61. The number of halogens is 1. The molecule has 0 aromatic carbocycles. The van der Waals surface area contributed by atoms with E-state index in [0.717, 1.165) is 12.8 Å². The molecule has 0 spiro atoms. The van der Waals surface area contributed by atoms with Gasteiger partial charge in [0.05, 0.1) is 0 Å². The van der Waals surface area contributed by atoms with Gasteiger partial charge in [-0.15, -0.1) is 0 Å². The van der Waals surface area contributed by atoms with Gasteiger partial charge in [-0.05, 0) is 6.42 Å². The molecule has 0 saturated carbocycles. The van der Waals surface area contributed by atoms with Crippen molar-refractivity contribution < 1.29 is 19.1 Å². The number of alkyl halides is 1. The molecule has 0 radical (unpaired) electrons. The van der Waals surface area contributed by atoms with Crippen LogP contribution in [0.1, 0.15) is 32.6 Å². The number of unbranched alkanes of at least 4 members (excludes halogenated alkanes) is 2. The average molecular weight is 205 g/mol. The highest BCUT2D eigenvalue weighted by molar-refractivity contribution is 5.83. The summed E-state index contributed by atoms with van der Waals surface area (Å²) in [6, 6.07) is -1.40. The average Bonchev–Trinajstić information content (AvgIpc) is 2.14. The molecular formula is C9H16FNO3. The maximum atomic E-state index is 12.1. The van der Waals surface area contributed by atoms with Crippen molar-refractivity contribution in [1.29, 1.82) is 0 Å². The Labute approximate surface area is 82.5 Å². The van der Waals surface area contributed by atoms with Crippen LogP contribution in [0, 0.1) is 0 Å². The lowest BCUT2D eigenvalue weighted by atomic mass is 10.2. The van der Waals surface area contributed by atoms with Crippen LogP contribution in [0.3, 0.4) is 0 Å². The molecule has 0 saturated heterocycles. The van der Waals surface area contributed by atoms with E-state index in [0.29, 0.717) is 6.42 Å². The SMILES string of the molecule is CCCCCC(=O)NC(CF)C(=O)O. The van der Waals surface area contributed by atoms with Gasteiger partial charge in [-0.1, -0.05) is 19.8 Å². The molecule has 0 aromatic rings. The summed E-state index contributed by atoms with van der Waals surface area (Å²) >= 11 is 0. The van der Waals surface area contributed by atoms with E-state index in [2.05, 4.69) is 5.32 Å². The third kappa shape index (κ3) is 5.50. The normalized spacial score (nSPS) is 12.1. The Hall–Kier alpha value is -1.13. The maximum absolute atomic E-state index is 12.1. The third-order valence-corrected chi connectivity index (χ3v) is 1.80. The molecule has 1 unspecified atom stereocenters. The highest BCUT2D eigenvalue weighted by Crippen LogP contribution is 1.99. The third-order valence-electron chi connectivity index (χ3n) is 1.80. The van der Waals surface area contributed by atoms with E-state index in [9.17, 15) is 14.0 Å². The molecule has 1 amide bonds. The molecule has 14 heavy (non-hydrogen) atoms. The summed E-state index contributed by atoms with van der Waals surface area (Å²) in [5.41, 5.74) is 0. The van der Waals surface area contributed by atoms with E-state index in [4.69, 9.17) is 5.11 Å². The molecule has 0 aliphatic rings. The molecular weight excluding hydrogens is 189 g/mol. The minimum absolute atomic E-state index is 0.262. The number of carboxylic acid groups (broad SMARTS) is 1. The van der Waals surface area contributed by atoms with Gasteiger partial charge >= 0.3 is 5.97 Å². The lowest BCUT2D eigenvalue weighted by Crippen LogP contribution is -2.42. The summed E-state index contributed by atoms with van der Waals surface area (Å²) in [7, 11) is 0. The molecule has 2 N–H and O–H groups in total. The van der Waals surface area contributed by atoms with E-state index in [1.54, 1.807) is 0 Å². The topological polar surface area (TPSA) is 66.4 Å². The number of aliphatic carboxylic acids is 1. The summed E-state index contributed by atoms with van der Waals surface area (Å²) in [4.78, 5) is 21.4. The van der Waals surface area contributed by atoms with Crippen LogP contribution in [0.4, 0.5) is 4.39 Å². The quantitative estimate of drug-likeness (QED) is 0.612. The Balaban J connectivity index is 3.74. The smallest absolute Gasteiger partial charge is 0.328 e. The Bertz CT molecular complexity index is 196. The first kappa shape index (κ1) is 12.9. The molecule has 1 atom stereocenters. The van der Waals surface area contributed by atoms with Crippen molar-refractivity contribution in [3.8, 4) is 0 Å². The zero-order valence-corrected chi connectivity index (χ0v) is 8.25. The monoisotopic (exact) mass is 205 g/mol. The maximum Gasteiger partial charge on any atom is 0.328 e. The summed E-state index contributed by atoms with van der Waals surface area (Å²) in [6.07, 6.45) is 2.87. The lowest BCUT2D eigenvalue weighted by Gasteiger charge is -2.10. The van der Waals surface area contributed by atoms with E-state index < -0.39 is 24.6 Å². The van der Waals surface area contributed by atoms with Gasteiger partial charge in [0.1, 0.15) is 6.67 Å². The molecule has 0 aromatic heterocycles. The predicted octanol–water partition coefficient (Wildman–Crippen LogP) is 1.11. The number of carbonyl (C=O) groups excluding carboxylic acids is 1. The van der Waals surface area contributed by atoms with Gasteiger partial charge in [0.25, 0.3) is 0 Å². The molecule has 0 fully saturated rings. The van der Waals surface area contributed by atoms with E-state index in [1.165, 1.54) is 0 Å². The van der Waals surface area contributed by atoms with Crippen LogP contribution in [0.5, 0.6) is 0 Å². The fraction of sp³-hybridized carbons (Fsp3) is 0.778. The van der Waals surface area contributed by atoms with Crippen molar-refractivity contribution in [3.63, 3.8) is 0 Å². The Kier molecular flexibility index (Phi) is 6.70. The molecule has 0 aliphatic heterocycles. The first-order valence-corrected chi connectivity index (χ1v) is 4.70. The van der Waals surface area contributed by atoms with E-state index in [1.807, 2.05) is 6.92 Å². The number of hydrogen-bond donors (Lipinski definition) is 2. The summed E-state index contributed by atoms with van der Waals surface area (Å²) in [5, 5.41) is 10.6. The van der Waals surface area contributed by atoms with E-state index in [-0.39, 0.29) is 6.42 Å². The van der Waals surface area contributed by atoms with Crippen molar-refractivity contribution >= 4 is 11.9 Å². The molecule has 0 aliphatic carbocycles. The number of carboxylic acids is 1. The van der Waals surface area contributed by atoms with Crippen molar-refractivity contribution in [3.05, 3.63) is 0 Å². The van der Waals surface area contributed by atoms with Crippen LogP contribution in [-0.2, 0) is 9.59 Å². The highest BCUT2D eigenvalue weighted by atomic mass is 19.1. The number of hydrogen-bond acceptors (Lipinski definition) is 2. The molecule has 5 heteroatoms. The van der Waals surface area contributed by atoms with Crippen LogP contribution < -0.4 is 5.32 Å². The van der Waals surface area contributed by atoms with Crippen LogP contribution in [0.25, 0.3) is 0 Å². The number of amides is 1. The Morgan fingerprint density at radius 3 is 2.50 bits per heavy atom. The zero-order valence-electron chi connectivity index (χ0n) is 8.25. The molecule has 0 heterocycles. The Morgan fingerprint density at radius 1 is 1.43 bits per heavy atom. The summed E-state index contributed by atoms with van der Waals surface area (Å²) in [6.45, 7) is 0.925. The number of carbonyl (C=O) groups is 2. The van der Waals surface area contributed by atoms with Crippen molar-refractivity contribution in [1.82, 2.24) is 5.32 Å². The molecule has 82 valence electrons. The largest absolute Gasteiger partial charge is 0.480 e. The predicted molar refractivity (Wildman–Crippen MR) is 49.7 cm³/mol. The Morgan fingerprint density at radius 2 is 2.07 bits per heavy atom. The van der Waals surface area contributed by atoms with Gasteiger partial charge in [-0.2, -0.15) is 0 Å². The van der Waals surface area contributed by atoms with Crippen molar-refractivity contribution in [2.75, 3.05) is 6.67 Å². The fourth-order valence-electron chi connectivity index (χ4n) is 0.968. The molecule has 0 bridgehead atoms. The van der Waals surface area contributed by atoms with Crippen LogP contribution >= 0.6 is 0 Å². The van der Waals surface area contributed by atoms with Crippen molar-refractivity contribution in [2.45, 2.75) is 38.6 Å². The number of nitrogens with one attached hydrogen (secondary N) is 1. The van der Waals surface area contributed by atoms with Crippen LogP contribution in [-0.4, -0.2) is 29.7 Å². The highest BCUT2D eigenvalue weighted by Gasteiger charge is 2.18. The molecule has 0 rings (SSSR count). The van der Waals surface area contributed by atoms with Gasteiger partial charge < -0.3 is 10.4 Å². The lowest BCUT2D eigenvalue weighted by molar-refractivity contribution is -0.142. The zero-order chi connectivity index (χ0) is 11.0. The van der Waals surface area contributed by atoms with Gasteiger partial charge in [-0.3, -0.25) is 4.79 Å². The first-order valence-electron chi connectivity index (χ1n) is 4.70. The fourth-order valence-corrected chi connectivity index (χ4v) is 0.968. The number of rotatable bonds is 7. The van der Waals surface area contributed by atoms with Gasteiger partial charge in [-0.25, -0.2) is 9.18 Å². The van der Waals surface area contributed by atoms with Crippen LogP contribution in [0.2, 0.25) is 0 Å². The minimum atomic E-state index is -1.40. The van der Waals surface area contributed by atoms with Crippen LogP contribution in [0.15, 0.2) is 0 Å². The van der Waals surface area contributed by atoms with Gasteiger partial charge in [0, 0.05) is 6.42 Å². The second-order valence-corrected chi connectivity index (χ2v) is 3.07. The molecule has 4 nitrogen and oxygen atoms in total. The minimum Gasteiger partial charge on any atom is -0.480 e. The second-order valence-electron chi connectivity index (χ2n) is 3.07. The summed E-state index contributed by atoms with van der Waals surface area (Å²) < 4.78 is 12.1. The van der Waals surface area contributed by atoms with E-state index >= 15 is 0 Å². The van der Waals surface area contributed by atoms with Crippen molar-refractivity contribution in [2.24, 2.45) is 0 Å². The summed E-state index contributed by atoms with van der Waals surface area (Å²) in [5.74, 6) is -1.74. The van der Waals surface area contributed by atoms with Gasteiger partial charge in [0.15, 0.2) is 6.04 Å². The standard InChI is InChI=1S/C9H16FNO3/c1-2-3-4-5-8(12)11-7(6-10)9(13)14/h7H,2-6H2,1H3,(H,11,12)(H,13,14). The van der Waals surface area contributed by atoms with Gasteiger partial charge in [0.2, 0.25) is 5.91 Å². The second kappa shape index (κ2) is 7.29.